The number of nitrogens with one attached hydrogen (secondary N) is 1. The fraction of sp³-hybridized carbons (Fsp3) is 0.286. The molecule has 0 aliphatic heterocycles. The van der Waals surface area contributed by atoms with Crippen LogP contribution in [0.1, 0.15) is 26.6 Å². The highest BCUT2D eigenvalue weighted by atomic mass is 19.1. The molecule has 0 saturated heterocycles. The summed E-state index contributed by atoms with van der Waals surface area (Å²) in [5.74, 6) is 6.99. The second-order valence-electron chi connectivity index (χ2n) is 5.37. The molecule has 0 unspecified atom stereocenters. The molecule has 1 aromatic carbocycles. The third kappa shape index (κ3) is 3.42. The van der Waals surface area contributed by atoms with Crippen LogP contribution < -0.4 is 16.0 Å². The van der Waals surface area contributed by atoms with E-state index in [1.165, 1.54) is 24.3 Å². The monoisotopic (exact) mass is 276 g/mol. The molecule has 0 aliphatic carbocycles. The maximum absolute atomic E-state index is 12.9. The molecular formula is C14H17FN4O. The lowest BCUT2D eigenvalue weighted by atomic mass is 9.96. The van der Waals surface area contributed by atoms with E-state index in [1.54, 1.807) is 6.07 Å². The molecule has 2 aromatic rings. The van der Waals surface area contributed by atoms with Crippen molar-refractivity contribution in [1.82, 2.24) is 9.97 Å². The molecule has 5 nitrogen and oxygen atoms in total. The van der Waals surface area contributed by atoms with Gasteiger partial charge in [0, 0.05) is 11.5 Å². The van der Waals surface area contributed by atoms with Crippen LogP contribution in [0.2, 0.25) is 0 Å². The van der Waals surface area contributed by atoms with Crippen LogP contribution in [0.15, 0.2) is 30.3 Å². The third-order valence-corrected chi connectivity index (χ3v) is 2.56. The molecule has 0 bridgehead atoms. The Morgan fingerprint density at radius 1 is 1.15 bits per heavy atom. The van der Waals surface area contributed by atoms with Crippen molar-refractivity contribution in [3.8, 4) is 11.6 Å². The lowest BCUT2D eigenvalue weighted by Crippen LogP contribution is -2.19. The zero-order chi connectivity index (χ0) is 14.8. The van der Waals surface area contributed by atoms with Crippen LogP contribution in [0.4, 0.5) is 10.2 Å². The van der Waals surface area contributed by atoms with Gasteiger partial charge in [-0.3, -0.25) is 0 Å². The Balaban J connectivity index is 2.33. The SMILES string of the molecule is CC(C)(C)c1nc(NN)cc(Oc2ccc(F)cc2)n1. The molecule has 106 valence electrons. The average Bonchev–Trinajstić information content (AvgIpc) is 2.40. The van der Waals surface area contributed by atoms with Crippen LogP contribution in [-0.2, 0) is 5.41 Å². The van der Waals surface area contributed by atoms with Gasteiger partial charge in [0.25, 0.3) is 0 Å². The van der Waals surface area contributed by atoms with Crippen LogP contribution in [0.3, 0.4) is 0 Å². The topological polar surface area (TPSA) is 73.1 Å². The Morgan fingerprint density at radius 3 is 2.35 bits per heavy atom. The third-order valence-electron chi connectivity index (χ3n) is 2.56. The summed E-state index contributed by atoms with van der Waals surface area (Å²) < 4.78 is 18.5. The Hall–Kier alpha value is -2.21. The Bertz CT molecular complexity index is 593. The first kappa shape index (κ1) is 14.2. The number of hydrazine groups is 1. The summed E-state index contributed by atoms with van der Waals surface area (Å²) >= 11 is 0. The van der Waals surface area contributed by atoms with E-state index in [2.05, 4.69) is 15.4 Å². The van der Waals surface area contributed by atoms with E-state index in [4.69, 9.17) is 10.6 Å². The van der Waals surface area contributed by atoms with Gasteiger partial charge in [-0.25, -0.2) is 15.2 Å². The molecule has 20 heavy (non-hydrogen) atoms. The number of hydrogen-bond donors (Lipinski definition) is 2. The maximum Gasteiger partial charge on any atom is 0.224 e. The summed E-state index contributed by atoms with van der Waals surface area (Å²) in [6.45, 7) is 5.97. The van der Waals surface area contributed by atoms with E-state index >= 15 is 0 Å². The van der Waals surface area contributed by atoms with Gasteiger partial charge in [-0.1, -0.05) is 20.8 Å². The van der Waals surface area contributed by atoms with Gasteiger partial charge in [0.15, 0.2) is 0 Å². The van der Waals surface area contributed by atoms with Gasteiger partial charge in [-0.05, 0) is 24.3 Å². The highest BCUT2D eigenvalue weighted by Crippen LogP contribution is 2.26. The first-order chi connectivity index (χ1) is 9.38. The number of anilines is 1. The van der Waals surface area contributed by atoms with Crippen molar-refractivity contribution in [1.29, 1.82) is 0 Å². The van der Waals surface area contributed by atoms with Crippen LogP contribution in [0, 0.1) is 5.82 Å². The predicted octanol–water partition coefficient (Wildman–Crippen LogP) is 2.99. The summed E-state index contributed by atoms with van der Waals surface area (Å²) in [7, 11) is 0. The number of nitrogen functional groups attached to an aromatic ring is 1. The number of rotatable bonds is 3. The molecule has 0 fully saturated rings. The fourth-order valence-electron chi connectivity index (χ4n) is 1.51. The van der Waals surface area contributed by atoms with Crippen molar-refractivity contribution in [3.05, 3.63) is 42.0 Å². The van der Waals surface area contributed by atoms with E-state index in [9.17, 15) is 4.39 Å². The van der Waals surface area contributed by atoms with E-state index in [1.807, 2.05) is 20.8 Å². The smallest absolute Gasteiger partial charge is 0.224 e. The number of nitrogens with zero attached hydrogens (tertiary/aromatic N) is 2. The standard InChI is InChI=1S/C14H17FN4O/c1-14(2,3)13-17-11(19-16)8-12(18-13)20-10-6-4-9(15)5-7-10/h4-8H,16H2,1-3H3,(H,17,18,19). The van der Waals surface area contributed by atoms with E-state index in [0.29, 0.717) is 23.3 Å². The molecular weight excluding hydrogens is 259 g/mol. The first-order valence-electron chi connectivity index (χ1n) is 6.18. The second-order valence-corrected chi connectivity index (χ2v) is 5.37. The van der Waals surface area contributed by atoms with Crippen LogP contribution in [0.5, 0.6) is 11.6 Å². The summed E-state index contributed by atoms with van der Waals surface area (Å²) in [5, 5.41) is 0. The molecule has 0 amide bonds. The molecule has 3 N–H and O–H groups in total. The van der Waals surface area contributed by atoms with Crippen molar-refractivity contribution in [3.63, 3.8) is 0 Å². The molecule has 0 radical (unpaired) electrons. The molecule has 1 aromatic heterocycles. The van der Waals surface area contributed by atoms with Crippen molar-refractivity contribution < 1.29 is 9.13 Å². The number of halogens is 1. The number of hydrogen-bond acceptors (Lipinski definition) is 5. The predicted molar refractivity (Wildman–Crippen MR) is 75.0 cm³/mol. The lowest BCUT2D eigenvalue weighted by molar-refractivity contribution is 0.445. The highest BCUT2D eigenvalue weighted by molar-refractivity contribution is 5.39. The Morgan fingerprint density at radius 2 is 1.80 bits per heavy atom. The number of nitrogens with two attached hydrogens (primary N) is 1. The Kier molecular flexibility index (Phi) is 3.85. The zero-order valence-electron chi connectivity index (χ0n) is 11.6. The van der Waals surface area contributed by atoms with Crippen molar-refractivity contribution in [2.45, 2.75) is 26.2 Å². The van der Waals surface area contributed by atoms with Gasteiger partial charge >= 0.3 is 0 Å². The summed E-state index contributed by atoms with van der Waals surface area (Å²) in [4.78, 5) is 8.64. The molecule has 0 atom stereocenters. The quantitative estimate of drug-likeness (QED) is 0.666. The normalized spacial score (nSPS) is 11.2. The van der Waals surface area contributed by atoms with Gasteiger partial charge in [0.1, 0.15) is 23.2 Å². The minimum absolute atomic E-state index is 0.242. The first-order valence-corrected chi connectivity index (χ1v) is 6.18. The number of ether oxygens (including phenoxy) is 1. The van der Waals surface area contributed by atoms with Crippen molar-refractivity contribution >= 4 is 5.82 Å². The molecule has 0 aliphatic rings. The fourth-order valence-corrected chi connectivity index (χ4v) is 1.51. The van der Waals surface area contributed by atoms with Crippen molar-refractivity contribution in [2.24, 2.45) is 5.84 Å². The summed E-state index contributed by atoms with van der Waals surface area (Å²) in [6, 6.07) is 7.29. The zero-order valence-corrected chi connectivity index (χ0v) is 11.6. The van der Waals surface area contributed by atoms with Gasteiger partial charge in [-0.15, -0.1) is 0 Å². The van der Waals surface area contributed by atoms with Gasteiger partial charge in [-0.2, -0.15) is 4.98 Å². The minimum Gasteiger partial charge on any atom is -0.439 e. The van der Waals surface area contributed by atoms with Crippen LogP contribution >= 0.6 is 0 Å². The van der Waals surface area contributed by atoms with Gasteiger partial charge in [0.05, 0.1) is 0 Å². The van der Waals surface area contributed by atoms with Gasteiger partial charge < -0.3 is 10.2 Å². The largest absolute Gasteiger partial charge is 0.439 e. The van der Waals surface area contributed by atoms with Crippen molar-refractivity contribution in [2.75, 3.05) is 5.43 Å². The summed E-state index contributed by atoms with van der Waals surface area (Å²) in [6.07, 6.45) is 0. The number of benzene rings is 1. The van der Waals surface area contributed by atoms with Gasteiger partial charge in [0.2, 0.25) is 5.88 Å². The summed E-state index contributed by atoms with van der Waals surface area (Å²) in [5.41, 5.74) is 2.24. The molecule has 1 heterocycles. The van der Waals surface area contributed by atoms with E-state index in [-0.39, 0.29) is 11.2 Å². The van der Waals surface area contributed by atoms with Crippen LogP contribution in [0.25, 0.3) is 0 Å². The highest BCUT2D eigenvalue weighted by Gasteiger charge is 2.19. The second kappa shape index (κ2) is 5.42. The lowest BCUT2D eigenvalue weighted by Gasteiger charge is -2.18. The molecule has 2 rings (SSSR count). The Labute approximate surface area is 117 Å². The average molecular weight is 276 g/mol. The maximum atomic E-state index is 12.9. The van der Waals surface area contributed by atoms with E-state index < -0.39 is 0 Å². The van der Waals surface area contributed by atoms with Crippen LogP contribution in [-0.4, -0.2) is 9.97 Å². The molecule has 0 saturated carbocycles. The number of aromatic nitrogens is 2. The minimum atomic E-state index is -0.320. The van der Waals surface area contributed by atoms with E-state index in [0.717, 1.165) is 0 Å². The molecule has 0 spiro atoms. The molecule has 6 heteroatoms.